The maximum Gasteiger partial charge on any atom is 0.322 e. The van der Waals surface area contributed by atoms with Crippen molar-refractivity contribution in [3.8, 4) is 0 Å². The molecule has 8 atom stereocenters. The molecular formula is C45H74N2O6. The minimum atomic E-state index is -1.01. The van der Waals surface area contributed by atoms with Crippen molar-refractivity contribution in [3.63, 3.8) is 0 Å². The van der Waals surface area contributed by atoms with E-state index in [2.05, 4.69) is 65.2 Å². The molecule has 0 radical (unpaired) electrons. The van der Waals surface area contributed by atoms with Crippen molar-refractivity contribution in [2.24, 2.45) is 50.2 Å². The molecule has 300 valence electrons. The van der Waals surface area contributed by atoms with Crippen LogP contribution in [-0.2, 0) is 23.9 Å². The number of carbonyl (C=O) groups excluding carboxylic acids is 3. The van der Waals surface area contributed by atoms with Crippen LogP contribution in [0.3, 0.4) is 0 Å². The van der Waals surface area contributed by atoms with Crippen molar-refractivity contribution < 1.29 is 29.0 Å². The average molecular weight is 739 g/mol. The van der Waals surface area contributed by atoms with Crippen LogP contribution in [0.2, 0.25) is 0 Å². The summed E-state index contributed by atoms with van der Waals surface area (Å²) in [6, 6.07) is 0. The Labute approximate surface area is 321 Å². The summed E-state index contributed by atoms with van der Waals surface area (Å²) < 4.78 is 5.95. The Hall–Kier alpha value is -2.38. The monoisotopic (exact) mass is 739 g/mol. The molecule has 0 saturated heterocycles. The molecule has 0 aromatic heterocycles. The fourth-order valence-electron chi connectivity index (χ4n) is 13.1. The molecule has 5 aliphatic carbocycles. The molecule has 0 unspecified atom stereocenters. The van der Waals surface area contributed by atoms with Crippen LogP contribution in [0.4, 0.5) is 0 Å². The number of amides is 2. The van der Waals surface area contributed by atoms with E-state index in [1.54, 1.807) is 12.5 Å². The summed E-state index contributed by atoms with van der Waals surface area (Å²) in [7, 11) is 0. The summed E-state index contributed by atoms with van der Waals surface area (Å²) in [6.45, 7) is 19.4. The summed E-state index contributed by atoms with van der Waals surface area (Å²) in [4.78, 5) is 48.7. The number of hydrogen-bond acceptors (Lipinski definition) is 5. The summed E-state index contributed by atoms with van der Waals surface area (Å²) in [5, 5.41) is 14.6. The molecule has 4 fully saturated rings. The van der Waals surface area contributed by atoms with E-state index < -0.39 is 5.97 Å². The second-order valence-corrected chi connectivity index (χ2v) is 20.3. The smallest absolute Gasteiger partial charge is 0.322 e. The molecule has 0 bridgehead atoms. The van der Waals surface area contributed by atoms with Crippen molar-refractivity contribution in [2.45, 2.75) is 183 Å². The molecule has 2 amide bonds. The van der Waals surface area contributed by atoms with Crippen LogP contribution in [0.15, 0.2) is 11.6 Å². The standard InChI is InChI=1S/C45H74N2O6/c1-31(48)53-36-21-22-42(6)34(41(36,4)5)20-23-44(8)35(42)19-18-32-33-29-40(2,3)24-26-45(33,27-25-43(32,44)7)39(52)46-28-16-14-12-10-9-11-13-15-17-37(49)47-30-38(50)51/h18,33-36H,9-17,19-30H2,1-8H3,(H,46,52)(H,47,49)(H,50,51)/t33-,34-,35+,36-,42-,43+,44+,45-/m0/s1. The zero-order valence-electron chi connectivity index (χ0n) is 34.7. The van der Waals surface area contributed by atoms with Crippen LogP contribution in [0.25, 0.3) is 0 Å². The topological polar surface area (TPSA) is 122 Å². The number of carbonyl (C=O) groups is 4. The predicted molar refractivity (Wildman–Crippen MR) is 210 cm³/mol. The van der Waals surface area contributed by atoms with Gasteiger partial charge in [-0.15, -0.1) is 0 Å². The van der Waals surface area contributed by atoms with E-state index in [0.717, 1.165) is 109 Å². The van der Waals surface area contributed by atoms with Gasteiger partial charge in [-0.1, -0.05) is 98.6 Å². The molecule has 53 heavy (non-hydrogen) atoms. The zero-order valence-corrected chi connectivity index (χ0v) is 34.7. The van der Waals surface area contributed by atoms with Gasteiger partial charge in [-0.25, -0.2) is 0 Å². The fraction of sp³-hybridized carbons (Fsp3) is 0.867. The number of nitrogens with one attached hydrogen (secondary N) is 2. The maximum atomic E-state index is 14.5. The van der Waals surface area contributed by atoms with E-state index >= 15 is 0 Å². The van der Waals surface area contributed by atoms with Gasteiger partial charge in [-0.2, -0.15) is 0 Å². The van der Waals surface area contributed by atoms with Gasteiger partial charge < -0.3 is 20.5 Å². The lowest BCUT2D eigenvalue weighted by atomic mass is 9.33. The quantitative estimate of drug-likeness (QED) is 0.0874. The molecule has 0 aromatic carbocycles. The first-order valence-electron chi connectivity index (χ1n) is 21.5. The van der Waals surface area contributed by atoms with Gasteiger partial charge in [0, 0.05) is 25.3 Å². The molecule has 0 aromatic rings. The number of rotatable bonds is 15. The molecule has 4 saturated carbocycles. The molecule has 0 spiro atoms. The van der Waals surface area contributed by atoms with Gasteiger partial charge in [0.1, 0.15) is 12.6 Å². The minimum absolute atomic E-state index is 0.0109. The molecule has 3 N–H and O–H groups in total. The van der Waals surface area contributed by atoms with Crippen LogP contribution in [0.5, 0.6) is 0 Å². The third-order valence-corrected chi connectivity index (χ3v) is 16.4. The summed E-state index contributed by atoms with van der Waals surface area (Å²) >= 11 is 0. The minimum Gasteiger partial charge on any atom is -0.480 e. The largest absolute Gasteiger partial charge is 0.480 e. The number of carboxylic acids is 1. The maximum absolute atomic E-state index is 14.5. The van der Waals surface area contributed by atoms with E-state index in [1.807, 2.05) is 0 Å². The van der Waals surface area contributed by atoms with Gasteiger partial charge in [0.2, 0.25) is 11.8 Å². The van der Waals surface area contributed by atoms with E-state index in [1.165, 1.54) is 12.8 Å². The van der Waals surface area contributed by atoms with Gasteiger partial charge in [0.25, 0.3) is 0 Å². The Morgan fingerprint density at radius 2 is 1.42 bits per heavy atom. The van der Waals surface area contributed by atoms with Crippen LogP contribution in [0, 0.1) is 50.2 Å². The van der Waals surface area contributed by atoms with Crippen molar-refractivity contribution in [1.29, 1.82) is 0 Å². The van der Waals surface area contributed by atoms with Gasteiger partial charge in [0.15, 0.2) is 0 Å². The van der Waals surface area contributed by atoms with Gasteiger partial charge in [0.05, 0.1) is 5.41 Å². The molecule has 8 nitrogen and oxygen atoms in total. The normalized spacial score (nSPS) is 36.7. The lowest BCUT2D eigenvalue weighted by Gasteiger charge is -2.71. The number of carboxylic acid groups (broad SMARTS) is 1. The van der Waals surface area contributed by atoms with Gasteiger partial charge in [-0.3, -0.25) is 19.2 Å². The highest BCUT2D eigenvalue weighted by molar-refractivity contribution is 5.84. The lowest BCUT2D eigenvalue weighted by molar-refractivity contribution is -0.212. The zero-order chi connectivity index (χ0) is 38.9. The molecule has 5 aliphatic rings. The van der Waals surface area contributed by atoms with E-state index in [-0.39, 0.29) is 57.0 Å². The average Bonchev–Trinajstić information content (AvgIpc) is 3.07. The Morgan fingerprint density at radius 3 is 2.08 bits per heavy atom. The Bertz CT molecular complexity index is 1400. The number of hydrogen-bond donors (Lipinski definition) is 3. The van der Waals surface area contributed by atoms with Crippen LogP contribution in [0.1, 0.15) is 177 Å². The van der Waals surface area contributed by atoms with Gasteiger partial charge in [-0.05, 0) is 116 Å². The predicted octanol–water partition coefficient (Wildman–Crippen LogP) is 9.55. The fourth-order valence-corrected chi connectivity index (χ4v) is 13.1. The molecule has 0 heterocycles. The second-order valence-electron chi connectivity index (χ2n) is 20.3. The summed E-state index contributed by atoms with van der Waals surface area (Å²) in [5.41, 5.74) is 1.93. The first-order valence-corrected chi connectivity index (χ1v) is 21.5. The molecule has 0 aliphatic heterocycles. The van der Waals surface area contributed by atoms with E-state index in [0.29, 0.717) is 30.1 Å². The van der Waals surface area contributed by atoms with Crippen LogP contribution in [-0.4, -0.2) is 48.1 Å². The van der Waals surface area contributed by atoms with E-state index in [4.69, 9.17) is 9.84 Å². The highest BCUT2D eigenvalue weighted by Gasteiger charge is 2.69. The van der Waals surface area contributed by atoms with Gasteiger partial charge >= 0.3 is 11.9 Å². The van der Waals surface area contributed by atoms with Crippen molar-refractivity contribution in [2.75, 3.05) is 13.1 Å². The number of esters is 1. The van der Waals surface area contributed by atoms with Crippen molar-refractivity contribution in [1.82, 2.24) is 10.6 Å². The number of unbranched alkanes of at least 4 members (excludes halogenated alkanes) is 7. The third kappa shape index (κ3) is 8.13. The van der Waals surface area contributed by atoms with Crippen molar-refractivity contribution >= 4 is 23.8 Å². The highest BCUT2D eigenvalue weighted by Crippen LogP contribution is 2.75. The molecule has 5 rings (SSSR count). The SMILES string of the molecule is CC(=O)O[C@H]1CC[C@]2(C)[C@H]3CC=C4[C@@H]5CC(C)(C)CC[C@]5(C(=O)NCCCCCCCCCCC(=O)NCC(=O)O)CC[C@@]4(C)[C@]3(C)CC[C@H]2C1(C)C. The lowest BCUT2D eigenvalue weighted by Crippen LogP contribution is -2.65. The first-order chi connectivity index (χ1) is 24.8. The Balaban J connectivity index is 1.18. The first kappa shape index (κ1) is 41.8. The molecule has 8 heteroatoms. The number of ether oxygens (including phenoxy) is 1. The third-order valence-electron chi connectivity index (χ3n) is 16.4. The number of allylic oxidation sites excluding steroid dienone is 2. The van der Waals surface area contributed by atoms with Crippen molar-refractivity contribution in [3.05, 3.63) is 11.6 Å². The van der Waals surface area contributed by atoms with Crippen LogP contribution >= 0.6 is 0 Å². The number of aliphatic carboxylic acids is 1. The van der Waals surface area contributed by atoms with Crippen LogP contribution < -0.4 is 10.6 Å². The molecular weight excluding hydrogens is 665 g/mol. The number of fused-ring (bicyclic) bond motifs is 7. The summed E-state index contributed by atoms with van der Waals surface area (Å²) in [6.07, 6.45) is 22.3. The van der Waals surface area contributed by atoms with E-state index in [9.17, 15) is 19.2 Å². The summed E-state index contributed by atoms with van der Waals surface area (Å²) in [5.74, 6) is 0.350. The Kier molecular flexibility index (Phi) is 12.6. The Morgan fingerprint density at radius 1 is 0.774 bits per heavy atom. The second kappa shape index (κ2) is 16.0. The highest BCUT2D eigenvalue weighted by atomic mass is 16.5.